The summed E-state index contributed by atoms with van der Waals surface area (Å²) in [4.78, 5) is 10.7. The van der Waals surface area contributed by atoms with Gasteiger partial charge in [0.1, 0.15) is 11.4 Å². The second kappa shape index (κ2) is 8.89. The summed E-state index contributed by atoms with van der Waals surface area (Å²) in [5.74, 6) is 1.57. The topological polar surface area (TPSA) is 73.6 Å². The molecule has 0 aliphatic heterocycles. The van der Waals surface area contributed by atoms with Crippen LogP contribution in [0.15, 0.2) is 28.9 Å². The van der Waals surface area contributed by atoms with Gasteiger partial charge in [-0.1, -0.05) is 42.6 Å². The summed E-state index contributed by atoms with van der Waals surface area (Å²) in [7, 11) is 0. The first-order valence-electron chi connectivity index (χ1n) is 8.29. The van der Waals surface area contributed by atoms with Gasteiger partial charge in [-0.15, -0.1) is 0 Å². The molecule has 0 aliphatic rings. The van der Waals surface area contributed by atoms with Crippen LogP contribution < -0.4 is 9.47 Å². The van der Waals surface area contributed by atoms with Crippen molar-refractivity contribution in [2.75, 3.05) is 6.61 Å². The van der Waals surface area contributed by atoms with Gasteiger partial charge in [0.25, 0.3) is 0 Å². The average Bonchev–Trinajstić information content (AvgIpc) is 2.88. The van der Waals surface area contributed by atoms with Crippen molar-refractivity contribution in [1.82, 2.24) is 9.78 Å². The van der Waals surface area contributed by atoms with Crippen molar-refractivity contribution in [3.63, 3.8) is 0 Å². The third kappa shape index (κ3) is 5.49. The Morgan fingerprint density at radius 1 is 1.32 bits per heavy atom. The van der Waals surface area contributed by atoms with Crippen LogP contribution in [-0.4, -0.2) is 27.6 Å². The van der Waals surface area contributed by atoms with Crippen molar-refractivity contribution in [3.05, 3.63) is 40.1 Å². The quantitative estimate of drug-likeness (QED) is 0.627. The molecule has 0 radical (unpaired) electrons. The fourth-order valence-corrected chi connectivity index (χ4v) is 2.90. The molecule has 2 rings (SSSR count). The second-order valence-electron chi connectivity index (χ2n) is 5.89. The Kier molecular flexibility index (Phi) is 6.87. The van der Waals surface area contributed by atoms with Crippen molar-refractivity contribution in [1.29, 1.82) is 0 Å². The van der Waals surface area contributed by atoms with E-state index in [2.05, 4.69) is 34.9 Å². The van der Waals surface area contributed by atoms with E-state index in [-0.39, 0.29) is 5.75 Å². The Morgan fingerprint density at radius 3 is 2.68 bits per heavy atom. The number of aryl methyl sites for hydroxylation is 1. The molecule has 1 N–H and O–H groups in total. The predicted octanol–water partition coefficient (Wildman–Crippen LogP) is 4.87. The van der Waals surface area contributed by atoms with E-state index < -0.39 is 6.16 Å². The number of carbonyl (C=O) groups is 1. The van der Waals surface area contributed by atoms with Gasteiger partial charge in [0.2, 0.25) is 0 Å². The monoisotopic (exact) mass is 410 g/mol. The van der Waals surface area contributed by atoms with Gasteiger partial charge in [0.15, 0.2) is 5.75 Å². The lowest BCUT2D eigenvalue weighted by Gasteiger charge is -2.16. The Labute approximate surface area is 155 Å². The SMILES string of the molecule is CCC(CC)COc1ccc(Br)cc1Cn1cc(OC(=O)O)c(C)n1. The van der Waals surface area contributed by atoms with E-state index in [0.29, 0.717) is 24.8 Å². The summed E-state index contributed by atoms with van der Waals surface area (Å²) in [6.45, 7) is 7.17. The molecule has 2 aromatic rings. The van der Waals surface area contributed by atoms with Crippen LogP contribution >= 0.6 is 15.9 Å². The molecule has 0 atom stereocenters. The Balaban J connectivity index is 2.18. The summed E-state index contributed by atoms with van der Waals surface area (Å²) >= 11 is 3.48. The second-order valence-corrected chi connectivity index (χ2v) is 6.81. The molecule has 7 heteroatoms. The highest BCUT2D eigenvalue weighted by Gasteiger charge is 2.13. The van der Waals surface area contributed by atoms with E-state index >= 15 is 0 Å². The summed E-state index contributed by atoms with van der Waals surface area (Å²) in [5.41, 5.74) is 1.49. The van der Waals surface area contributed by atoms with Gasteiger partial charge in [-0.25, -0.2) is 4.79 Å². The summed E-state index contributed by atoms with van der Waals surface area (Å²) in [6.07, 6.45) is 2.39. The van der Waals surface area contributed by atoms with Gasteiger partial charge >= 0.3 is 6.16 Å². The van der Waals surface area contributed by atoms with Crippen molar-refractivity contribution in [3.8, 4) is 11.5 Å². The van der Waals surface area contributed by atoms with E-state index in [9.17, 15) is 4.79 Å². The molecule has 0 fully saturated rings. The highest BCUT2D eigenvalue weighted by molar-refractivity contribution is 9.10. The summed E-state index contributed by atoms with van der Waals surface area (Å²) in [5, 5.41) is 13.1. The first-order chi connectivity index (χ1) is 11.9. The highest BCUT2D eigenvalue weighted by atomic mass is 79.9. The van der Waals surface area contributed by atoms with E-state index in [1.165, 1.54) is 0 Å². The molecule has 6 nitrogen and oxygen atoms in total. The molecule has 25 heavy (non-hydrogen) atoms. The molecule has 0 unspecified atom stereocenters. The van der Waals surface area contributed by atoms with Crippen LogP contribution in [0.5, 0.6) is 11.5 Å². The van der Waals surface area contributed by atoms with Crippen LogP contribution in [0.3, 0.4) is 0 Å². The van der Waals surface area contributed by atoms with Crippen LogP contribution in [-0.2, 0) is 6.54 Å². The van der Waals surface area contributed by atoms with E-state index in [0.717, 1.165) is 28.6 Å². The molecule has 136 valence electrons. The van der Waals surface area contributed by atoms with Crippen molar-refractivity contribution in [2.45, 2.75) is 40.2 Å². The zero-order valence-corrected chi connectivity index (χ0v) is 16.2. The highest BCUT2D eigenvalue weighted by Crippen LogP contribution is 2.26. The minimum Gasteiger partial charge on any atom is -0.493 e. The molecule has 0 aliphatic carbocycles. The molecule has 0 saturated heterocycles. The fraction of sp³-hybridized carbons (Fsp3) is 0.444. The first-order valence-corrected chi connectivity index (χ1v) is 9.08. The maximum atomic E-state index is 10.7. The lowest BCUT2D eigenvalue weighted by Crippen LogP contribution is -2.12. The van der Waals surface area contributed by atoms with E-state index in [1.54, 1.807) is 17.8 Å². The zero-order valence-electron chi connectivity index (χ0n) is 14.7. The van der Waals surface area contributed by atoms with Crippen molar-refractivity contribution >= 4 is 22.1 Å². The lowest BCUT2D eigenvalue weighted by molar-refractivity contribution is 0.144. The molecular weight excluding hydrogens is 388 g/mol. The number of ether oxygens (including phenoxy) is 2. The van der Waals surface area contributed by atoms with Gasteiger partial charge in [-0.3, -0.25) is 4.68 Å². The van der Waals surface area contributed by atoms with Gasteiger partial charge in [0.05, 0.1) is 19.3 Å². The number of rotatable bonds is 8. The van der Waals surface area contributed by atoms with Crippen LogP contribution in [0, 0.1) is 12.8 Å². The maximum Gasteiger partial charge on any atom is 0.511 e. The van der Waals surface area contributed by atoms with Gasteiger partial charge < -0.3 is 14.6 Å². The van der Waals surface area contributed by atoms with Crippen LogP contribution in [0.4, 0.5) is 4.79 Å². The third-order valence-electron chi connectivity index (χ3n) is 4.08. The van der Waals surface area contributed by atoms with Gasteiger partial charge in [0, 0.05) is 10.0 Å². The Hall–Kier alpha value is -2.02. The molecule has 1 aromatic heterocycles. The maximum absolute atomic E-state index is 10.7. The fourth-order valence-electron chi connectivity index (χ4n) is 2.49. The van der Waals surface area contributed by atoms with E-state index in [4.69, 9.17) is 14.6 Å². The lowest BCUT2D eigenvalue weighted by atomic mass is 10.1. The number of carboxylic acid groups (broad SMARTS) is 1. The van der Waals surface area contributed by atoms with Gasteiger partial charge in [-0.2, -0.15) is 5.10 Å². The molecule has 0 spiro atoms. The normalized spacial score (nSPS) is 10.9. The minimum atomic E-state index is -1.35. The predicted molar refractivity (Wildman–Crippen MR) is 98.4 cm³/mol. The number of hydrogen-bond acceptors (Lipinski definition) is 4. The van der Waals surface area contributed by atoms with E-state index in [1.807, 2.05) is 18.2 Å². The molecule has 0 saturated carbocycles. The summed E-state index contributed by atoms with van der Waals surface area (Å²) < 4.78 is 13.3. The molecule has 0 bridgehead atoms. The number of nitrogens with zero attached hydrogens (tertiary/aromatic N) is 2. The largest absolute Gasteiger partial charge is 0.511 e. The standard InChI is InChI=1S/C18H23BrN2O4/c1-4-13(5-2)11-24-16-7-6-15(19)8-14(16)9-21-10-17(12(3)20-21)25-18(22)23/h6-8,10,13H,4-5,9,11H2,1-3H3,(H,22,23). The van der Waals surface area contributed by atoms with Crippen LogP contribution in [0.1, 0.15) is 37.9 Å². The van der Waals surface area contributed by atoms with Crippen LogP contribution in [0.25, 0.3) is 0 Å². The zero-order chi connectivity index (χ0) is 18.4. The molecule has 1 heterocycles. The first kappa shape index (κ1) is 19.3. The number of hydrogen-bond donors (Lipinski definition) is 1. The molecular formula is C18H23BrN2O4. The number of benzene rings is 1. The number of halogens is 1. The van der Waals surface area contributed by atoms with Crippen molar-refractivity contribution < 1.29 is 19.4 Å². The van der Waals surface area contributed by atoms with Crippen LogP contribution in [0.2, 0.25) is 0 Å². The van der Waals surface area contributed by atoms with Gasteiger partial charge in [-0.05, 0) is 31.0 Å². The molecule has 1 aromatic carbocycles. The minimum absolute atomic E-state index is 0.238. The molecule has 0 amide bonds. The average molecular weight is 411 g/mol. The Morgan fingerprint density at radius 2 is 2.04 bits per heavy atom. The Bertz CT molecular complexity index is 726. The third-order valence-corrected chi connectivity index (χ3v) is 4.58. The number of aromatic nitrogens is 2. The smallest absolute Gasteiger partial charge is 0.493 e. The summed E-state index contributed by atoms with van der Waals surface area (Å²) in [6, 6.07) is 5.86. The van der Waals surface area contributed by atoms with Crippen molar-refractivity contribution in [2.24, 2.45) is 5.92 Å².